The third kappa shape index (κ3) is 4.66. The molecule has 2 N–H and O–H groups in total. The van der Waals surface area contributed by atoms with E-state index in [1.807, 2.05) is 41.1 Å². The summed E-state index contributed by atoms with van der Waals surface area (Å²) in [6.07, 6.45) is 2.16. The molecule has 0 spiro atoms. The average molecular weight is 438 g/mol. The van der Waals surface area contributed by atoms with Crippen LogP contribution in [0.5, 0.6) is 0 Å². The number of benzene rings is 3. The molecule has 166 valence electrons. The molecule has 2 heterocycles. The summed E-state index contributed by atoms with van der Waals surface area (Å²) in [5.74, 6) is -0.392. The molecule has 1 aromatic heterocycles. The lowest BCUT2D eigenvalue weighted by molar-refractivity contribution is 0.100. The van der Waals surface area contributed by atoms with Crippen LogP contribution < -0.4 is 10.6 Å². The molecule has 33 heavy (non-hydrogen) atoms. The predicted molar refractivity (Wildman–Crippen MR) is 131 cm³/mol. The normalized spacial score (nSPS) is 14.4. The van der Waals surface area contributed by atoms with E-state index in [4.69, 9.17) is 10.8 Å². The van der Waals surface area contributed by atoms with Crippen LogP contribution in [0.1, 0.15) is 15.9 Å². The molecule has 6 nitrogen and oxygen atoms in total. The van der Waals surface area contributed by atoms with Crippen molar-refractivity contribution in [2.45, 2.75) is 6.54 Å². The van der Waals surface area contributed by atoms with Crippen LogP contribution in [-0.4, -0.2) is 46.8 Å². The van der Waals surface area contributed by atoms with Crippen LogP contribution in [0.4, 0.5) is 5.69 Å². The zero-order chi connectivity index (χ0) is 22.6. The number of amides is 1. The molecule has 1 amide bonds. The summed E-state index contributed by atoms with van der Waals surface area (Å²) >= 11 is 0. The van der Waals surface area contributed by atoms with Gasteiger partial charge in [-0.15, -0.1) is 0 Å². The van der Waals surface area contributed by atoms with Gasteiger partial charge in [0.15, 0.2) is 0 Å². The first-order valence-corrected chi connectivity index (χ1v) is 11.2. The van der Waals surface area contributed by atoms with Crippen LogP contribution in [0.25, 0.3) is 16.9 Å². The largest absolute Gasteiger partial charge is 0.369 e. The highest BCUT2D eigenvalue weighted by Crippen LogP contribution is 2.26. The Morgan fingerprint density at radius 1 is 0.788 bits per heavy atom. The highest BCUT2D eigenvalue weighted by molar-refractivity contribution is 5.93. The fraction of sp³-hybridized carbons (Fsp3) is 0.185. The number of primary amides is 1. The van der Waals surface area contributed by atoms with Gasteiger partial charge in [-0.3, -0.25) is 9.69 Å². The zero-order valence-corrected chi connectivity index (χ0v) is 18.5. The van der Waals surface area contributed by atoms with Crippen LogP contribution in [0.3, 0.4) is 0 Å². The summed E-state index contributed by atoms with van der Waals surface area (Å²) in [5.41, 5.74) is 11.5. The molecule has 6 heteroatoms. The van der Waals surface area contributed by atoms with Crippen molar-refractivity contribution in [1.29, 1.82) is 0 Å². The second-order valence-corrected chi connectivity index (χ2v) is 8.32. The average Bonchev–Trinajstić information content (AvgIpc) is 3.29. The highest BCUT2D eigenvalue weighted by Gasteiger charge is 2.20. The molecule has 0 saturated carbocycles. The van der Waals surface area contributed by atoms with E-state index in [0.717, 1.165) is 55.4 Å². The van der Waals surface area contributed by atoms with Gasteiger partial charge >= 0.3 is 0 Å². The first-order chi connectivity index (χ1) is 16.2. The first kappa shape index (κ1) is 21.0. The number of carbonyl (C=O) groups excluding carboxylic acids is 1. The lowest BCUT2D eigenvalue weighted by Gasteiger charge is -2.36. The Morgan fingerprint density at radius 2 is 1.42 bits per heavy atom. The number of piperazine rings is 1. The lowest BCUT2D eigenvalue weighted by Crippen LogP contribution is -2.46. The van der Waals surface area contributed by atoms with Crippen molar-refractivity contribution in [1.82, 2.24) is 14.7 Å². The molecule has 0 radical (unpaired) electrons. The number of anilines is 1. The SMILES string of the molecule is NC(=O)c1ccc(N2CCN(Cc3cn(-c4ccccc4)nc3-c3ccccc3)CC2)cc1. The summed E-state index contributed by atoms with van der Waals surface area (Å²) in [6, 6.07) is 28.2. The second kappa shape index (κ2) is 9.30. The summed E-state index contributed by atoms with van der Waals surface area (Å²) in [6.45, 7) is 4.64. The van der Waals surface area contributed by atoms with Crippen LogP contribution in [0.2, 0.25) is 0 Å². The van der Waals surface area contributed by atoms with E-state index in [1.54, 1.807) is 12.1 Å². The Hall–Kier alpha value is -3.90. The van der Waals surface area contributed by atoms with Crippen molar-refractivity contribution >= 4 is 11.6 Å². The number of rotatable bonds is 6. The van der Waals surface area contributed by atoms with E-state index >= 15 is 0 Å². The molecule has 5 rings (SSSR count). The van der Waals surface area contributed by atoms with E-state index in [-0.39, 0.29) is 0 Å². The van der Waals surface area contributed by atoms with E-state index in [9.17, 15) is 4.79 Å². The molecule has 3 aromatic carbocycles. The number of nitrogens with zero attached hydrogens (tertiary/aromatic N) is 4. The minimum absolute atomic E-state index is 0.392. The maximum absolute atomic E-state index is 11.3. The standard InChI is InChI=1S/C27H27N5O/c28-27(33)22-11-13-24(14-12-22)31-17-15-30(16-18-31)19-23-20-32(25-9-5-2-6-10-25)29-26(23)21-7-3-1-4-8-21/h1-14,20H,15-19H2,(H2,28,33). The van der Waals surface area contributed by atoms with E-state index in [1.165, 1.54) is 5.56 Å². The second-order valence-electron chi connectivity index (χ2n) is 8.32. The molecule has 0 aliphatic carbocycles. The zero-order valence-electron chi connectivity index (χ0n) is 18.5. The van der Waals surface area contributed by atoms with Crippen molar-refractivity contribution in [2.24, 2.45) is 5.73 Å². The van der Waals surface area contributed by atoms with Crippen molar-refractivity contribution in [3.8, 4) is 16.9 Å². The van der Waals surface area contributed by atoms with Crippen LogP contribution in [0.15, 0.2) is 91.1 Å². The number of para-hydroxylation sites is 1. The minimum atomic E-state index is -0.392. The third-order valence-corrected chi connectivity index (χ3v) is 6.14. The van der Waals surface area contributed by atoms with Gasteiger partial charge in [-0.25, -0.2) is 4.68 Å². The summed E-state index contributed by atoms with van der Waals surface area (Å²) in [7, 11) is 0. The molecule has 1 aliphatic rings. The lowest BCUT2D eigenvalue weighted by atomic mass is 10.1. The quantitative estimate of drug-likeness (QED) is 0.496. The maximum atomic E-state index is 11.3. The smallest absolute Gasteiger partial charge is 0.248 e. The molecular formula is C27H27N5O. The Kier molecular flexibility index (Phi) is 5.91. The van der Waals surface area contributed by atoms with E-state index in [0.29, 0.717) is 5.56 Å². The van der Waals surface area contributed by atoms with Gasteiger partial charge in [-0.1, -0.05) is 48.5 Å². The maximum Gasteiger partial charge on any atom is 0.248 e. The van der Waals surface area contributed by atoms with Gasteiger partial charge in [0, 0.05) is 61.3 Å². The predicted octanol–water partition coefficient (Wildman–Crippen LogP) is 3.96. The summed E-state index contributed by atoms with van der Waals surface area (Å²) < 4.78 is 1.98. The molecule has 1 saturated heterocycles. The van der Waals surface area contributed by atoms with Crippen molar-refractivity contribution in [3.63, 3.8) is 0 Å². The number of hydrogen-bond donors (Lipinski definition) is 1. The van der Waals surface area contributed by atoms with Crippen molar-refractivity contribution in [3.05, 3.63) is 102 Å². The molecular weight excluding hydrogens is 410 g/mol. The van der Waals surface area contributed by atoms with Crippen LogP contribution >= 0.6 is 0 Å². The molecule has 0 bridgehead atoms. The summed E-state index contributed by atoms with van der Waals surface area (Å²) in [4.78, 5) is 16.2. The Balaban J connectivity index is 1.32. The van der Waals surface area contributed by atoms with Crippen molar-refractivity contribution in [2.75, 3.05) is 31.1 Å². The Labute approximate surface area is 193 Å². The van der Waals surface area contributed by atoms with Gasteiger partial charge in [0.25, 0.3) is 0 Å². The van der Waals surface area contributed by atoms with Gasteiger partial charge in [0.1, 0.15) is 0 Å². The number of nitrogens with two attached hydrogens (primary N) is 1. The van der Waals surface area contributed by atoms with Gasteiger partial charge < -0.3 is 10.6 Å². The monoisotopic (exact) mass is 437 g/mol. The van der Waals surface area contributed by atoms with Gasteiger partial charge in [-0.2, -0.15) is 5.10 Å². The Bertz CT molecular complexity index is 1210. The number of aromatic nitrogens is 2. The fourth-order valence-corrected chi connectivity index (χ4v) is 4.32. The number of carbonyl (C=O) groups is 1. The van der Waals surface area contributed by atoms with Crippen molar-refractivity contribution < 1.29 is 4.79 Å². The van der Waals surface area contributed by atoms with Gasteiger partial charge in [0.05, 0.1) is 11.4 Å². The molecule has 1 aliphatic heterocycles. The molecule has 0 atom stereocenters. The highest BCUT2D eigenvalue weighted by atomic mass is 16.1. The third-order valence-electron chi connectivity index (χ3n) is 6.14. The van der Waals surface area contributed by atoms with Gasteiger partial charge in [-0.05, 0) is 36.4 Å². The molecule has 4 aromatic rings. The molecule has 0 unspecified atom stereocenters. The van der Waals surface area contributed by atoms with E-state index < -0.39 is 5.91 Å². The number of hydrogen-bond acceptors (Lipinski definition) is 4. The van der Waals surface area contributed by atoms with Crippen LogP contribution in [0, 0.1) is 0 Å². The fourth-order valence-electron chi connectivity index (χ4n) is 4.32. The summed E-state index contributed by atoms with van der Waals surface area (Å²) in [5, 5.41) is 4.94. The van der Waals surface area contributed by atoms with E-state index in [2.05, 4.69) is 52.4 Å². The molecule has 1 fully saturated rings. The topological polar surface area (TPSA) is 67.4 Å². The van der Waals surface area contributed by atoms with Gasteiger partial charge in [0.2, 0.25) is 5.91 Å². The minimum Gasteiger partial charge on any atom is -0.369 e. The van der Waals surface area contributed by atoms with Crippen LogP contribution in [-0.2, 0) is 6.54 Å². The first-order valence-electron chi connectivity index (χ1n) is 11.2. The Morgan fingerprint density at radius 3 is 2.06 bits per heavy atom.